The van der Waals surface area contributed by atoms with Crippen LogP contribution in [0, 0.1) is 0 Å². The molecule has 1 amide bonds. The van der Waals surface area contributed by atoms with Crippen LogP contribution in [0.2, 0.25) is 0 Å². The summed E-state index contributed by atoms with van der Waals surface area (Å²) in [5, 5.41) is 0. The molecule has 0 N–H and O–H groups in total. The quantitative estimate of drug-likeness (QED) is 0.335. The predicted octanol–water partition coefficient (Wildman–Crippen LogP) is 6.72. The Kier molecular flexibility index (Phi) is 7.13. The summed E-state index contributed by atoms with van der Waals surface area (Å²) in [7, 11) is 0. The van der Waals surface area contributed by atoms with Crippen molar-refractivity contribution in [1.82, 2.24) is 4.90 Å². The Morgan fingerprint density at radius 2 is 1.61 bits per heavy atom. The van der Waals surface area contributed by atoms with Gasteiger partial charge in [-0.3, -0.25) is 4.79 Å². The molecule has 214 valence electrons. The lowest BCUT2D eigenvalue weighted by molar-refractivity contribution is -0.0695. The number of fused-ring (bicyclic) bond motifs is 3. The summed E-state index contributed by atoms with van der Waals surface area (Å²) in [5.74, 6) is 0.368. The fraction of sp³-hybridized carbons (Fsp3) is 0.424. The number of anilines is 1. The average molecular weight is 561 g/mol. The Bertz CT molecular complexity index is 1420. The van der Waals surface area contributed by atoms with Gasteiger partial charge in [0.15, 0.2) is 0 Å². The molecule has 3 aromatic carbocycles. The number of hydrogen-bond donors (Lipinski definition) is 0. The van der Waals surface area contributed by atoms with Crippen LogP contribution in [0.15, 0.2) is 60.7 Å². The molecule has 4 aliphatic rings. The van der Waals surface area contributed by atoms with E-state index in [1.807, 2.05) is 23.1 Å². The molecule has 0 spiro atoms. The monoisotopic (exact) mass is 560 g/mol. The summed E-state index contributed by atoms with van der Waals surface area (Å²) in [6.07, 6.45) is 3.64. The van der Waals surface area contributed by atoms with E-state index >= 15 is 0 Å². The second-order valence-electron chi connectivity index (χ2n) is 11.3. The van der Waals surface area contributed by atoms with Gasteiger partial charge in [0.2, 0.25) is 0 Å². The van der Waals surface area contributed by atoms with Crippen LogP contribution in [-0.4, -0.2) is 56.9 Å². The molecular weight excluding hydrogens is 526 g/mol. The van der Waals surface area contributed by atoms with Gasteiger partial charge in [-0.15, -0.1) is 0 Å². The van der Waals surface area contributed by atoms with Crippen LogP contribution in [0.5, 0.6) is 5.75 Å². The minimum Gasteiger partial charge on any atom is -0.434 e. The molecule has 3 aliphatic heterocycles. The SMILES string of the molecule is O=C1c2ccc(-c3ccc(N4CCOCC4)cc3)cc2[C@H]2[C@H](c3c(OC(F)F)cccc3C3CCCC3)OCCN12. The lowest BCUT2D eigenvalue weighted by atomic mass is 9.85. The van der Waals surface area contributed by atoms with E-state index in [-0.39, 0.29) is 17.6 Å². The maximum atomic E-state index is 13.6. The topological polar surface area (TPSA) is 51.2 Å². The first-order valence-electron chi connectivity index (χ1n) is 14.7. The molecule has 3 aromatic rings. The molecule has 6 nitrogen and oxygen atoms in total. The molecule has 1 aliphatic carbocycles. The zero-order valence-corrected chi connectivity index (χ0v) is 22.9. The van der Waals surface area contributed by atoms with E-state index in [0.29, 0.717) is 24.3 Å². The third-order valence-corrected chi connectivity index (χ3v) is 9.09. The van der Waals surface area contributed by atoms with Crippen LogP contribution in [0.4, 0.5) is 14.5 Å². The number of ether oxygens (including phenoxy) is 3. The van der Waals surface area contributed by atoms with Gasteiger partial charge in [0, 0.05) is 36.4 Å². The third-order valence-electron chi connectivity index (χ3n) is 9.09. The van der Waals surface area contributed by atoms with Crippen LogP contribution < -0.4 is 9.64 Å². The lowest BCUT2D eigenvalue weighted by Crippen LogP contribution is -2.40. The van der Waals surface area contributed by atoms with Crippen molar-refractivity contribution in [2.45, 2.75) is 50.4 Å². The van der Waals surface area contributed by atoms with Crippen LogP contribution in [0.1, 0.15) is 70.8 Å². The van der Waals surface area contributed by atoms with Crippen molar-refractivity contribution >= 4 is 11.6 Å². The number of amides is 1. The molecule has 41 heavy (non-hydrogen) atoms. The molecule has 2 saturated heterocycles. The highest BCUT2D eigenvalue weighted by atomic mass is 19.3. The fourth-order valence-corrected chi connectivity index (χ4v) is 7.15. The average Bonchev–Trinajstić information content (AvgIpc) is 3.64. The van der Waals surface area contributed by atoms with Gasteiger partial charge in [-0.25, -0.2) is 0 Å². The number of hydrogen-bond acceptors (Lipinski definition) is 5. The number of rotatable bonds is 6. The number of benzene rings is 3. The van der Waals surface area contributed by atoms with Gasteiger partial charge in [-0.1, -0.05) is 43.2 Å². The molecule has 3 heterocycles. The Hall–Kier alpha value is -3.49. The van der Waals surface area contributed by atoms with Gasteiger partial charge in [-0.05, 0) is 71.3 Å². The van der Waals surface area contributed by atoms with Crippen molar-refractivity contribution in [3.05, 3.63) is 82.9 Å². The zero-order valence-electron chi connectivity index (χ0n) is 22.9. The molecule has 1 saturated carbocycles. The van der Waals surface area contributed by atoms with Crippen LogP contribution >= 0.6 is 0 Å². The third kappa shape index (κ3) is 4.87. The van der Waals surface area contributed by atoms with Gasteiger partial charge < -0.3 is 24.0 Å². The molecule has 0 radical (unpaired) electrons. The predicted molar refractivity (Wildman–Crippen MR) is 152 cm³/mol. The summed E-state index contributed by atoms with van der Waals surface area (Å²) < 4.78 is 44.2. The summed E-state index contributed by atoms with van der Waals surface area (Å²) in [4.78, 5) is 17.7. The summed E-state index contributed by atoms with van der Waals surface area (Å²) in [5.41, 5.74) is 6.41. The van der Waals surface area contributed by atoms with E-state index in [1.54, 1.807) is 12.1 Å². The minimum atomic E-state index is -2.95. The van der Waals surface area contributed by atoms with E-state index in [0.717, 1.165) is 79.9 Å². The van der Waals surface area contributed by atoms with Crippen molar-refractivity contribution in [1.29, 1.82) is 0 Å². The number of morpholine rings is 2. The standard InChI is InChI=1S/C33H34F2N2O4/c34-33(35)41-28-7-3-6-25(22-4-1-2-5-22)29(28)31-30-27-20-23(10-13-26(27)32(38)37(30)16-19-40-31)21-8-11-24(12-9-21)36-14-17-39-18-15-36/h3,6-13,20,22,30-31,33H,1-2,4-5,14-19H2/t30-,31-/m0/s1. The molecule has 8 heteroatoms. The number of alkyl halides is 2. The highest BCUT2D eigenvalue weighted by molar-refractivity contribution is 6.00. The van der Waals surface area contributed by atoms with E-state index in [9.17, 15) is 13.6 Å². The highest BCUT2D eigenvalue weighted by Crippen LogP contribution is 2.52. The number of halogens is 2. The van der Waals surface area contributed by atoms with Crippen molar-refractivity contribution < 1.29 is 27.8 Å². The Balaban J connectivity index is 1.27. The van der Waals surface area contributed by atoms with Crippen molar-refractivity contribution in [3.8, 4) is 16.9 Å². The Morgan fingerprint density at radius 3 is 2.37 bits per heavy atom. The van der Waals surface area contributed by atoms with Gasteiger partial charge >= 0.3 is 6.61 Å². The molecule has 3 fully saturated rings. The fourth-order valence-electron chi connectivity index (χ4n) is 7.15. The van der Waals surface area contributed by atoms with E-state index in [1.165, 1.54) is 0 Å². The molecule has 0 unspecified atom stereocenters. The number of nitrogens with zero attached hydrogens (tertiary/aromatic N) is 2. The van der Waals surface area contributed by atoms with Crippen LogP contribution in [0.3, 0.4) is 0 Å². The van der Waals surface area contributed by atoms with E-state index < -0.39 is 18.8 Å². The summed E-state index contributed by atoms with van der Waals surface area (Å²) in [6.45, 7) is 1.05. The van der Waals surface area contributed by atoms with Gasteiger partial charge in [-0.2, -0.15) is 8.78 Å². The van der Waals surface area contributed by atoms with Gasteiger partial charge in [0.1, 0.15) is 11.9 Å². The minimum absolute atomic E-state index is 0.0396. The zero-order chi connectivity index (χ0) is 27.9. The van der Waals surface area contributed by atoms with E-state index in [2.05, 4.69) is 35.2 Å². The highest BCUT2D eigenvalue weighted by Gasteiger charge is 2.47. The first-order chi connectivity index (χ1) is 20.1. The van der Waals surface area contributed by atoms with E-state index in [4.69, 9.17) is 14.2 Å². The number of carbonyl (C=O) groups excluding carboxylic acids is 1. The van der Waals surface area contributed by atoms with Crippen molar-refractivity contribution in [2.24, 2.45) is 0 Å². The maximum Gasteiger partial charge on any atom is 0.387 e. The van der Waals surface area contributed by atoms with Crippen LogP contribution in [0.25, 0.3) is 11.1 Å². The maximum absolute atomic E-state index is 13.6. The second kappa shape index (κ2) is 11.1. The Morgan fingerprint density at radius 1 is 0.854 bits per heavy atom. The van der Waals surface area contributed by atoms with Crippen molar-refractivity contribution in [3.63, 3.8) is 0 Å². The Labute approximate surface area is 238 Å². The van der Waals surface area contributed by atoms with Crippen molar-refractivity contribution in [2.75, 3.05) is 44.4 Å². The number of carbonyl (C=O) groups is 1. The van der Waals surface area contributed by atoms with Crippen LogP contribution in [-0.2, 0) is 9.47 Å². The summed E-state index contributed by atoms with van der Waals surface area (Å²) in [6, 6.07) is 19.5. The second-order valence-corrected chi connectivity index (χ2v) is 11.3. The molecular formula is C33H34F2N2O4. The first-order valence-corrected chi connectivity index (χ1v) is 14.7. The normalized spacial score (nSPS) is 22.8. The smallest absolute Gasteiger partial charge is 0.387 e. The first kappa shape index (κ1) is 26.4. The van der Waals surface area contributed by atoms with Gasteiger partial charge in [0.05, 0.1) is 25.9 Å². The molecule has 0 bridgehead atoms. The largest absolute Gasteiger partial charge is 0.434 e. The molecule has 0 aromatic heterocycles. The lowest BCUT2D eigenvalue weighted by Gasteiger charge is -2.39. The molecule has 2 atom stereocenters. The molecule has 7 rings (SSSR count). The summed E-state index contributed by atoms with van der Waals surface area (Å²) >= 11 is 0. The van der Waals surface area contributed by atoms with Gasteiger partial charge in [0.25, 0.3) is 5.91 Å².